The number of amides is 4. The maximum atomic E-state index is 12.1. The first-order valence-corrected chi connectivity index (χ1v) is 19.8. The van der Waals surface area contributed by atoms with E-state index < -0.39 is 11.1 Å². The number of likely N-dealkylation sites (N-methyl/N-ethyl adjacent to an activating group) is 1. The molecule has 2 unspecified atom stereocenters. The zero-order chi connectivity index (χ0) is 41.0. The lowest BCUT2D eigenvalue weighted by Crippen LogP contribution is -2.35. The third-order valence-electron chi connectivity index (χ3n) is 6.64. The zero-order valence-electron chi connectivity index (χ0n) is 33.4. The Morgan fingerprint density at radius 2 is 1.55 bits per heavy atom. The number of benzene rings is 1. The number of carbonyl (C=O) groups excluding carboxylic acids is 6. The fourth-order valence-electron chi connectivity index (χ4n) is 4.02. The molecule has 0 bridgehead atoms. The van der Waals surface area contributed by atoms with Gasteiger partial charge in [0.25, 0.3) is 11.8 Å². The topological polar surface area (TPSA) is 198 Å². The fourth-order valence-corrected chi connectivity index (χ4v) is 4.38. The smallest absolute Gasteiger partial charge is 0.302 e. The summed E-state index contributed by atoms with van der Waals surface area (Å²) >= 11 is -1.78. The van der Waals surface area contributed by atoms with Crippen LogP contribution in [0.25, 0.3) is 0 Å². The number of unbranched alkanes of at least 4 members (excludes halogenated alkanes) is 2. The van der Waals surface area contributed by atoms with Gasteiger partial charge in [-0.25, -0.2) is 4.21 Å². The van der Waals surface area contributed by atoms with Gasteiger partial charge in [-0.2, -0.15) is 0 Å². The number of aldehydes is 1. The molecular formula is C38H66N4O10S. The van der Waals surface area contributed by atoms with Crippen molar-refractivity contribution >= 4 is 52.7 Å². The van der Waals surface area contributed by atoms with Gasteiger partial charge in [0.1, 0.15) is 12.9 Å². The minimum absolute atomic E-state index is 0.0429. The van der Waals surface area contributed by atoms with Gasteiger partial charge in [-0.15, -0.1) is 0 Å². The van der Waals surface area contributed by atoms with E-state index in [0.29, 0.717) is 63.8 Å². The number of nitrogens with zero attached hydrogens (tertiary/aromatic N) is 1. The predicted molar refractivity (Wildman–Crippen MR) is 211 cm³/mol. The van der Waals surface area contributed by atoms with E-state index in [1.807, 2.05) is 39.8 Å². The van der Waals surface area contributed by atoms with Gasteiger partial charge in [0.2, 0.25) is 11.8 Å². The average Bonchev–Trinajstić information content (AvgIpc) is 3.47. The summed E-state index contributed by atoms with van der Waals surface area (Å²) in [4.78, 5) is 67.9. The number of rotatable bonds is 21. The third-order valence-corrected chi connectivity index (χ3v) is 7.28. The predicted octanol–water partition coefficient (Wildman–Crippen LogP) is 5.11. The van der Waals surface area contributed by atoms with Crippen LogP contribution in [-0.2, 0) is 62.3 Å². The quantitative estimate of drug-likeness (QED) is 0.0426. The van der Waals surface area contributed by atoms with E-state index in [4.69, 9.17) is 14.0 Å². The fraction of sp³-hybridized carbons (Fsp3) is 0.632. The van der Waals surface area contributed by atoms with Gasteiger partial charge in [-0.3, -0.25) is 28.9 Å². The molecular weight excluding hydrogens is 705 g/mol. The van der Waals surface area contributed by atoms with E-state index in [9.17, 15) is 33.0 Å². The molecule has 1 aromatic carbocycles. The molecule has 0 fully saturated rings. The van der Waals surface area contributed by atoms with Crippen LogP contribution in [0.1, 0.15) is 111 Å². The first kappa shape index (κ1) is 53.6. The molecule has 1 aromatic rings. The lowest BCUT2D eigenvalue weighted by atomic mass is 10.0. The first-order valence-electron chi connectivity index (χ1n) is 18.5. The number of aryl methyl sites for hydroxylation is 1. The van der Waals surface area contributed by atoms with Crippen molar-refractivity contribution in [2.24, 2.45) is 0 Å². The Balaban J connectivity index is -0.000000857. The van der Waals surface area contributed by atoms with Gasteiger partial charge >= 0.3 is 5.97 Å². The molecule has 0 aliphatic carbocycles. The molecule has 0 aromatic heterocycles. The molecule has 2 atom stereocenters. The first-order chi connectivity index (χ1) is 25.4. The summed E-state index contributed by atoms with van der Waals surface area (Å²) in [5.74, 6) is -0.981. The normalized spacial score (nSPS) is 12.2. The summed E-state index contributed by atoms with van der Waals surface area (Å²) < 4.78 is 29.9. The number of hydrogen-bond donors (Lipinski definition) is 4. The van der Waals surface area contributed by atoms with Crippen molar-refractivity contribution < 1.29 is 47.0 Å². The molecule has 304 valence electrons. The van der Waals surface area contributed by atoms with Crippen LogP contribution in [0, 0.1) is 0 Å². The number of carbonyl (C=O) groups is 6. The van der Waals surface area contributed by atoms with E-state index in [-0.39, 0.29) is 54.5 Å². The van der Waals surface area contributed by atoms with Crippen molar-refractivity contribution in [2.75, 3.05) is 44.4 Å². The van der Waals surface area contributed by atoms with Crippen LogP contribution in [0.15, 0.2) is 30.4 Å². The van der Waals surface area contributed by atoms with Crippen LogP contribution in [0.3, 0.4) is 0 Å². The van der Waals surface area contributed by atoms with Crippen molar-refractivity contribution in [3.63, 3.8) is 0 Å². The summed E-state index contributed by atoms with van der Waals surface area (Å²) in [7, 11) is 1.72. The van der Waals surface area contributed by atoms with Crippen LogP contribution >= 0.6 is 0 Å². The Kier molecular flexibility index (Phi) is 37.0. The summed E-state index contributed by atoms with van der Waals surface area (Å²) in [5.41, 5.74) is 2.53. The molecule has 0 radical (unpaired) electrons. The van der Waals surface area contributed by atoms with E-state index in [2.05, 4.69) is 29.8 Å². The maximum absolute atomic E-state index is 12.1. The Hall–Kier alpha value is -3.79. The largest absolute Gasteiger partial charge is 0.461 e. The molecule has 1 heterocycles. The molecule has 4 N–H and O–H groups in total. The molecule has 0 saturated heterocycles. The van der Waals surface area contributed by atoms with Gasteiger partial charge in [0.15, 0.2) is 11.1 Å². The Bertz CT molecular complexity index is 1230. The minimum atomic E-state index is -1.78. The number of ether oxygens (including phenoxy) is 2. The second-order valence-corrected chi connectivity index (χ2v) is 12.1. The monoisotopic (exact) mass is 770 g/mol. The van der Waals surface area contributed by atoms with E-state index in [1.165, 1.54) is 30.4 Å². The van der Waals surface area contributed by atoms with Crippen LogP contribution < -0.4 is 16.0 Å². The van der Waals surface area contributed by atoms with Crippen LogP contribution in [0.5, 0.6) is 0 Å². The summed E-state index contributed by atoms with van der Waals surface area (Å²) in [5, 5.41) is 8.19. The van der Waals surface area contributed by atoms with Crippen LogP contribution in [0.4, 0.5) is 5.69 Å². The van der Waals surface area contributed by atoms with Crippen LogP contribution in [-0.4, -0.2) is 94.7 Å². The highest BCUT2D eigenvalue weighted by Crippen LogP contribution is 2.19. The third kappa shape index (κ3) is 29.4. The molecule has 0 saturated carbocycles. The van der Waals surface area contributed by atoms with Gasteiger partial charge in [-0.1, -0.05) is 60.5 Å². The Morgan fingerprint density at radius 3 is 2.09 bits per heavy atom. The van der Waals surface area contributed by atoms with Gasteiger partial charge < -0.3 is 34.8 Å². The summed E-state index contributed by atoms with van der Waals surface area (Å²) in [6.45, 7) is 16.9. The summed E-state index contributed by atoms with van der Waals surface area (Å²) in [6.07, 6.45) is 8.83. The van der Waals surface area contributed by atoms with Crippen molar-refractivity contribution in [2.45, 2.75) is 119 Å². The Labute approximate surface area is 319 Å². The standard InChI is InChI=1S/C19H30N2O6S.C12H16N2O4.C3H8.2C2H6/c1-14(20-3)19(23)21-18-8-7-17(13-27-15(2)22)16(12-18)6-4-9-26-10-5-11-28(24)25;15-9-7-13-10(16)4-2-1-3-8-14-11(17)5-6-12(14)18;1-3-2;2*1-2/h7-8,12,14,20H,4-6,9-11,13H2,1-3H3,(H,21,23)(H,24,25);5-6,9H,1-4,7-8H2,(H,13,16);3H2,1-2H3;2*1-2H3. The van der Waals surface area contributed by atoms with E-state index >= 15 is 0 Å². The zero-order valence-corrected chi connectivity index (χ0v) is 34.2. The molecule has 0 spiro atoms. The molecule has 1 aliphatic heterocycles. The van der Waals surface area contributed by atoms with E-state index in [0.717, 1.165) is 24.0 Å². The molecule has 15 heteroatoms. The molecule has 2 rings (SSSR count). The second-order valence-electron chi connectivity index (χ2n) is 11.0. The van der Waals surface area contributed by atoms with Crippen LogP contribution in [0.2, 0.25) is 0 Å². The van der Waals surface area contributed by atoms with Crippen molar-refractivity contribution in [3.05, 3.63) is 41.5 Å². The van der Waals surface area contributed by atoms with Crippen molar-refractivity contribution in [1.82, 2.24) is 15.5 Å². The number of esters is 1. The molecule has 53 heavy (non-hydrogen) atoms. The molecule has 1 aliphatic rings. The van der Waals surface area contributed by atoms with Gasteiger partial charge in [0, 0.05) is 50.9 Å². The SMILES string of the molecule is CC.CC.CCC.CNC(C)C(=O)Nc1ccc(COC(C)=O)c(CCCOCCCS(=O)O)c1.O=CCNC(=O)CCCCCN1C(=O)C=CC1=O. The number of anilines is 1. The minimum Gasteiger partial charge on any atom is -0.461 e. The van der Waals surface area contributed by atoms with E-state index in [1.54, 1.807) is 20.0 Å². The number of nitrogens with one attached hydrogen (secondary N) is 3. The highest BCUT2D eigenvalue weighted by molar-refractivity contribution is 7.79. The van der Waals surface area contributed by atoms with Crippen molar-refractivity contribution in [1.29, 1.82) is 0 Å². The average molecular weight is 771 g/mol. The number of imide groups is 1. The molecule has 4 amide bonds. The highest BCUT2D eigenvalue weighted by Gasteiger charge is 2.22. The van der Waals surface area contributed by atoms with Crippen molar-refractivity contribution in [3.8, 4) is 0 Å². The highest BCUT2D eigenvalue weighted by atomic mass is 32.2. The summed E-state index contributed by atoms with van der Waals surface area (Å²) in [6, 6.07) is 5.20. The Morgan fingerprint density at radius 1 is 0.943 bits per heavy atom. The maximum Gasteiger partial charge on any atom is 0.302 e. The lowest BCUT2D eigenvalue weighted by Gasteiger charge is -2.15. The second kappa shape index (κ2) is 36.6. The lowest BCUT2D eigenvalue weighted by molar-refractivity contribution is -0.142. The molecule has 14 nitrogen and oxygen atoms in total. The van der Waals surface area contributed by atoms with Gasteiger partial charge in [0.05, 0.1) is 18.3 Å². The number of hydrogen-bond acceptors (Lipinski definition) is 10. The van der Waals surface area contributed by atoms with Gasteiger partial charge in [-0.05, 0) is 69.3 Å².